The number of piperazine rings is 1. The van der Waals surface area contributed by atoms with Crippen LogP contribution in [-0.4, -0.2) is 59.3 Å². The first kappa shape index (κ1) is 24.6. The van der Waals surface area contributed by atoms with E-state index in [9.17, 15) is 19.7 Å². The van der Waals surface area contributed by atoms with Crippen LogP contribution in [0.3, 0.4) is 0 Å². The van der Waals surface area contributed by atoms with Crippen molar-refractivity contribution in [3.05, 3.63) is 38.3 Å². The summed E-state index contributed by atoms with van der Waals surface area (Å²) in [7, 11) is 0. The first-order valence-corrected chi connectivity index (χ1v) is 12.3. The van der Waals surface area contributed by atoms with Gasteiger partial charge in [-0.3, -0.25) is 24.6 Å². The fourth-order valence-corrected chi connectivity index (χ4v) is 5.35. The molecular weight excluding hydrogens is 476 g/mol. The van der Waals surface area contributed by atoms with Crippen molar-refractivity contribution in [1.82, 2.24) is 15.1 Å². The van der Waals surface area contributed by atoms with E-state index in [1.807, 2.05) is 6.07 Å². The summed E-state index contributed by atoms with van der Waals surface area (Å²) >= 11 is 3.33. The molecule has 2 fully saturated rings. The highest BCUT2D eigenvalue weighted by Crippen LogP contribution is 2.31. The largest absolute Gasteiger partial charge is 0.347 e. The van der Waals surface area contributed by atoms with Crippen LogP contribution in [-0.2, 0) is 16.1 Å². The Bertz CT molecular complexity index is 820. The van der Waals surface area contributed by atoms with Crippen molar-refractivity contribution >= 4 is 33.4 Å². The zero-order chi connectivity index (χ0) is 23.1. The molecule has 1 saturated heterocycles. The summed E-state index contributed by atoms with van der Waals surface area (Å²) in [5, 5.41) is 13.9. The number of nitro groups is 1. The van der Waals surface area contributed by atoms with Crippen LogP contribution in [0.1, 0.15) is 51.0 Å². The Hall–Kier alpha value is -2.00. The van der Waals surface area contributed by atoms with Gasteiger partial charge in [0.1, 0.15) is 0 Å². The molecule has 1 aliphatic heterocycles. The number of hydrogen-bond donors (Lipinski definition) is 1. The lowest BCUT2D eigenvalue weighted by atomic mass is 9.92. The molecule has 1 aromatic carbocycles. The lowest BCUT2D eigenvalue weighted by molar-refractivity contribution is -0.385. The third-order valence-electron chi connectivity index (χ3n) is 6.47. The highest BCUT2D eigenvalue weighted by atomic mass is 79.9. The van der Waals surface area contributed by atoms with E-state index < -0.39 is 4.92 Å². The van der Waals surface area contributed by atoms with Gasteiger partial charge in [0.2, 0.25) is 11.8 Å². The van der Waals surface area contributed by atoms with Crippen LogP contribution in [0.2, 0.25) is 0 Å². The van der Waals surface area contributed by atoms with Gasteiger partial charge >= 0.3 is 0 Å². The van der Waals surface area contributed by atoms with Crippen LogP contribution in [0, 0.1) is 22.0 Å². The minimum absolute atomic E-state index is 0.0428. The van der Waals surface area contributed by atoms with E-state index in [0.29, 0.717) is 49.5 Å². The van der Waals surface area contributed by atoms with E-state index in [2.05, 4.69) is 33.1 Å². The van der Waals surface area contributed by atoms with Crippen molar-refractivity contribution in [1.29, 1.82) is 0 Å². The maximum Gasteiger partial charge on any atom is 0.270 e. The predicted molar refractivity (Wildman–Crippen MR) is 126 cm³/mol. The molecule has 1 aromatic rings. The highest BCUT2D eigenvalue weighted by molar-refractivity contribution is 9.10. The number of nitrogens with zero attached hydrogens (tertiary/aromatic N) is 3. The lowest BCUT2D eigenvalue weighted by Crippen LogP contribution is -2.50. The third-order valence-corrected chi connectivity index (χ3v) is 6.92. The molecule has 0 aromatic heterocycles. The molecule has 1 heterocycles. The molecule has 176 valence electrons. The van der Waals surface area contributed by atoms with Gasteiger partial charge in [0, 0.05) is 55.8 Å². The number of nitrogens with one attached hydrogen (secondary N) is 1. The van der Waals surface area contributed by atoms with Gasteiger partial charge in [-0.1, -0.05) is 48.5 Å². The molecule has 1 saturated carbocycles. The van der Waals surface area contributed by atoms with Crippen LogP contribution in [0.5, 0.6) is 0 Å². The SMILES string of the molecule is CC(CC(=O)NCC(=O)N1CCN(Cc2cc(Br)cc([N+](=O)[O-])c2)CC1)CC1CCCC1. The van der Waals surface area contributed by atoms with Gasteiger partial charge in [-0.05, 0) is 29.9 Å². The molecule has 1 N–H and O–H groups in total. The minimum Gasteiger partial charge on any atom is -0.347 e. The molecule has 2 aliphatic rings. The fraction of sp³-hybridized carbons (Fsp3) is 0.652. The number of benzene rings is 1. The summed E-state index contributed by atoms with van der Waals surface area (Å²) in [6.45, 7) is 5.33. The molecule has 8 nitrogen and oxygen atoms in total. The van der Waals surface area contributed by atoms with Gasteiger partial charge in [0.05, 0.1) is 11.5 Å². The summed E-state index contributed by atoms with van der Waals surface area (Å²) in [4.78, 5) is 39.4. The second kappa shape index (κ2) is 11.7. The molecule has 2 amide bonds. The van der Waals surface area contributed by atoms with E-state index in [4.69, 9.17) is 0 Å². The molecule has 1 aliphatic carbocycles. The van der Waals surface area contributed by atoms with Gasteiger partial charge < -0.3 is 10.2 Å². The summed E-state index contributed by atoms with van der Waals surface area (Å²) < 4.78 is 0.684. The van der Waals surface area contributed by atoms with Crippen LogP contribution in [0.25, 0.3) is 0 Å². The second-order valence-corrected chi connectivity index (χ2v) is 10.1. The Labute approximate surface area is 198 Å². The summed E-state index contributed by atoms with van der Waals surface area (Å²) in [5.41, 5.74) is 0.932. The quantitative estimate of drug-likeness (QED) is 0.405. The van der Waals surface area contributed by atoms with Crippen molar-refractivity contribution in [2.24, 2.45) is 11.8 Å². The number of carbonyl (C=O) groups is 2. The smallest absolute Gasteiger partial charge is 0.270 e. The molecule has 1 unspecified atom stereocenters. The van der Waals surface area contributed by atoms with Crippen LogP contribution < -0.4 is 5.32 Å². The molecule has 0 bridgehead atoms. The Kier molecular flexibility index (Phi) is 9.04. The van der Waals surface area contributed by atoms with Crippen LogP contribution >= 0.6 is 15.9 Å². The van der Waals surface area contributed by atoms with Crippen molar-refractivity contribution in [3.63, 3.8) is 0 Å². The molecule has 0 radical (unpaired) electrons. The van der Waals surface area contributed by atoms with E-state index in [-0.39, 0.29) is 24.0 Å². The topological polar surface area (TPSA) is 95.8 Å². The first-order chi connectivity index (χ1) is 15.3. The number of halogens is 1. The average molecular weight is 509 g/mol. The fourth-order valence-electron chi connectivity index (χ4n) is 4.82. The Balaban J connectivity index is 1.37. The summed E-state index contributed by atoms with van der Waals surface area (Å²) in [6.07, 6.45) is 6.78. The number of nitro benzene ring substituents is 1. The van der Waals surface area contributed by atoms with Crippen LogP contribution in [0.15, 0.2) is 22.7 Å². The summed E-state index contributed by atoms with van der Waals surface area (Å²) in [5.74, 6) is 1.02. The van der Waals surface area contributed by atoms with Gasteiger partial charge in [0.15, 0.2) is 0 Å². The number of amides is 2. The number of rotatable bonds is 9. The Morgan fingerprint density at radius 2 is 1.88 bits per heavy atom. The molecule has 3 rings (SSSR count). The Morgan fingerprint density at radius 3 is 2.53 bits per heavy atom. The van der Waals surface area contributed by atoms with Gasteiger partial charge in [0.25, 0.3) is 5.69 Å². The number of hydrogen-bond acceptors (Lipinski definition) is 5. The van der Waals surface area contributed by atoms with E-state index >= 15 is 0 Å². The van der Waals surface area contributed by atoms with Gasteiger partial charge in [-0.2, -0.15) is 0 Å². The normalized spacial score (nSPS) is 18.5. The number of carbonyl (C=O) groups excluding carboxylic acids is 2. The average Bonchev–Trinajstić information content (AvgIpc) is 3.25. The second-order valence-electron chi connectivity index (χ2n) is 9.20. The van der Waals surface area contributed by atoms with Crippen molar-refractivity contribution in [2.45, 2.75) is 52.0 Å². The molecular formula is C23H33BrN4O4. The molecule has 32 heavy (non-hydrogen) atoms. The number of non-ortho nitro benzene ring substituents is 1. The molecule has 0 spiro atoms. The standard InChI is InChI=1S/C23H33BrN4O4/c1-17(10-18-4-2-3-5-18)11-22(29)25-15-23(30)27-8-6-26(7-9-27)16-19-12-20(24)14-21(13-19)28(31)32/h12-14,17-18H,2-11,15-16H2,1H3,(H,25,29). The molecule has 9 heteroatoms. The zero-order valence-corrected chi connectivity index (χ0v) is 20.3. The van der Waals surface area contributed by atoms with Crippen molar-refractivity contribution in [3.8, 4) is 0 Å². The van der Waals surface area contributed by atoms with Gasteiger partial charge in [-0.25, -0.2) is 0 Å². The van der Waals surface area contributed by atoms with E-state index in [0.717, 1.165) is 17.9 Å². The van der Waals surface area contributed by atoms with Crippen molar-refractivity contribution < 1.29 is 14.5 Å². The van der Waals surface area contributed by atoms with Crippen LogP contribution in [0.4, 0.5) is 5.69 Å². The Morgan fingerprint density at radius 1 is 1.19 bits per heavy atom. The lowest BCUT2D eigenvalue weighted by Gasteiger charge is -2.34. The van der Waals surface area contributed by atoms with Gasteiger partial charge in [-0.15, -0.1) is 0 Å². The minimum atomic E-state index is -0.394. The van der Waals surface area contributed by atoms with E-state index in [1.54, 1.807) is 11.0 Å². The van der Waals surface area contributed by atoms with E-state index in [1.165, 1.54) is 31.7 Å². The summed E-state index contributed by atoms with van der Waals surface area (Å²) in [6, 6.07) is 4.96. The highest BCUT2D eigenvalue weighted by Gasteiger charge is 2.23. The predicted octanol–water partition coefficient (Wildman–Crippen LogP) is 3.72. The molecule has 1 atom stereocenters. The first-order valence-electron chi connectivity index (χ1n) is 11.5. The monoisotopic (exact) mass is 508 g/mol. The third kappa shape index (κ3) is 7.55. The van der Waals surface area contributed by atoms with Crippen molar-refractivity contribution in [2.75, 3.05) is 32.7 Å². The maximum absolute atomic E-state index is 12.5. The zero-order valence-electron chi connectivity index (χ0n) is 18.7. The maximum atomic E-state index is 12.5.